The van der Waals surface area contributed by atoms with Gasteiger partial charge in [0.05, 0.1) is 0 Å². The number of carbonyl (C=O) groups excluding carboxylic acids is 1. The zero-order valence-electron chi connectivity index (χ0n) is 12.6. The third kappa shape index (κ3) is 2.17. The van der Waals surface area contributed by atoms with Gasteiger partial charge in [-0.15, -0.1) is 0 Å². The smallest absolute Gasteiger partial charge is 0.137 e. The van der Waals surface area contributed by atoms with Gasteiger partial charge in [0, 0.05) is 24.8 Å². The number of hydrogen-bond donors (Lipinski definition) is 0. The molecule has 0 saturated carbocycles. The first kappa shape index (κ1) is 13.4. The standard InChI is InChI=1S/C18H22O2/c1-4-18(3)11-16-15(10-5-12(2)17(16)20-18)13-6-8-14(19)9-7-13/h5-6,10H,4,7-9,11H2,1-3H3. The van der Waals surface area contributed by atoms with E-state index in [9.17, 15) is 4.79 Å². The van der Waals surface area contributed by atoms with Crippen molar-refractivity contribution in [3.05, 3.63) is 34.9 Å². The first-order valence-electron chi connectivity index (χ1n) is 7.55. The van der Waals surface area contributed by atoms with Crippen LogP contribution in [-0.4, -0.2) is 11.4 Å². The molecule has 0 bridgehead atoms. The Kier molecular flexibility index (Phi) is 3.19. The van der Waals surface area contributed by atoms with Crippen molar-refractivity contribution < 1.29 is 9.53 Å². The number of ketones is 1. The first-order valence-corrected chi connectivity index (χ1v) is 7.55. The maximum absolute atomic E-state index is 11.4. The molecule has 0 N–H and O–H groups in total. The summed E-state index contributed by atoms with van der Waals surface area (Å²) in [5.74, 6) is 1.43. The van der Waals surface area contributed by atoms with Crippen LogP contribution in [0.2, 0.25) is 0 Å². The second kappa shape index (κ2) is 4.76. The van der Waals surface area contributed by atoms with Gasteiger partial charge in [0.2, 0.25) is 0 Å². The summed E-state index contributed by atoms with van der Waals surface area (Å²) in [6, 6.07) is 4.35. The molecular weight excluding hydrogens is 248 g/mol. The molecule has 0 radical (unpaired) electrons. The molecule has 2 nitrogen and oxygen atoms in total. The highest BCUT2D eigenvalue weighted by molar-refractivity contribution is 5.87. The molecule has 1 atom stereocenters. The lowest BCUT2D eigenvalue weighted by Gasteiger charge is -2.21. The van der Waals surface area contributed by atoms with Crippen molar-refractivity contribution in [1.29, 1.82) is 0 Å². The normalized spacial score (nSPS) is 25.1. The van der Waals surface area contributed by atoms with Crippen LogP contribution < -0.4 is 4.74 Å². The van der Waals surface area contributed by atoms with Crippen molar-refractivity contribution in [1.82, 2.24) is 0 Å². The average Bonchev–Trinajstić information content (AvgIpc) is 2.80. The summed E-state index contributed by atoms with van der Waals surface area (Å²) in [7, 11) is 0. The monoisotopic (exact) mass is 270 g/mol. The minimum Gasteiger partial charge on any atom is -0.487 e. The highest BCUT2D eigenvalue weighted by atomic mass is 16.5. The number of ether oxygens (including phenoxy) is 1. The van der Waals surface area contributed by atoms with Crippen molar-refractivity contribution in [3.8, 4) is 5.75 Å². The topological polar surface area (TPSA) is 26.3 Å². The summed E-state index contributed by atoms with van der Waals surface area (Å²) < 4.78 is 6.23. The molecule has 106 valence electrons. The molecule has 1 unspecified atom stereocenters. The van der Waals surface area contributed by atoms with E-state index in [1.165, 1.54) is 22.3 Å². The number of allylic oxidation sites excluding steroid dienone is 2. The number of Topliss-reactive ketones (excluding diaryl/α,β-unsaturated/α-hetero) is 1. The zero-order chi connectivity index (χ0) is 14.3. The van der Waals surface area contributed by atoms with E-state index in [-0.39, 0.29) is 5.60 Å². The van der Waals surface area contributed by atoms with E-state index in [0.717, 1.165) is 25.0 Å². The quantitative estimate of drug-likeness (QED) is 0.803. The van der Waals surface area contributed by atoms with Crippen LogP contribution in [0.3, 0.4) is 0 Å². The Bertz CT molecular complexity index is 598. The number of aryl methyl sites for hydroxylation is 1. The van der Waals surface area contributed by atoms with E-state index in [0.29, 0.717) is 18.6 Å². The molecule has 2 heteroatoms. The average molecular weight is 270 g/mol. The fraction of sp³-hybridized carbons (Fsp3) is 0.500. The van der Waals surface area contributed by atoms with Gasteiger partial charge in [-0.3, -0.25) is 4.79 Å². The van der Waals surface area contributed by atoms with Crippen LogP contribution in [0.5, 0.6) is 5.75 Å². The summed E-state index contributed by atoms with van der Waals surface area (Å²) >= 11 is 0. The number of hydrogen-bond acceptors (Lipinski definition) is 2. The molecule has 3 rings (SSSR count). The Labute approximate surface area is 120 Å². The van der Waals surface area contributed by atoms with E-state index < -0.39 is 0 Å². The van der Waals surface area contributed by atoms with Crippen LogP contribution in [0.1, 0.15) is 56.2 Å². The van der Waals surface area contributed by atoms with E-state index in [1.807, 2.05) is 0 Å². The summed E-state index contributed by atoms with van der Waals surface area (Å²) in [5.41, 5.74) is 5.11. The molecule has 0 saturated heterocycles. The van der Waals surface area contributed by atoms with Crippen LogP contribution in [-0.2, 0) is 11.2 Å². The molecule has 20 heavy (non-hydrogen) atoms. The predicted octanol–water partition coefficient (Wildman–Crippen LogP) is 4.24. The van der Waals surface area contributed by atoms with Crippen molar-refractivity contribution in [2.75, 3.05) is 0 Å². The van der Waals surface area contributed by atoms with Crippen LogP contribution in [0.4, 0.5) is 0 Å². The largest absolute Gasteiger partial charge is 0.487 e. The minimum atomic E-state index is -0.0752. The van der Waals surface area contributed by atoms with Gasteiger partial charge < -0.3 is 4.74 Å². The van der Waals surface area contributed by atoms with E-state index >= 15 is 0 Å². The molecule has 1 aliphatic heterocycles. The summed E-state index contributed by atoms with van der Waals surface area (Å²) in [6.07, 6.45) is 6.24. The van der Waals surface area contributed by atoms with Gasteiger partial charge in [0.15, 0.2) is 0 Å². The molecule has 0 fully saturated rings. The van der Waals surface area contributed by atoms with E-state index in [2.05, 4.69) is 39.0 Å². The molecule has 2 aliphatic rings. The van der Waals surface area contributed by atoms with Crippen molar-refractivity contribution in [2.45, 2.75) is 58.5 Å². The number of benzene rings is 1. The fourth-order valence-corrected chi connectivity index (χ4v) is 3.18. The lowest BCUT2D eigenvalue weighted by atomic mass is 9.86. The predicted molar refractivity (Wildman–Crippen MR) is 81.0 cm³/mol. The third-order valence-electron chi connectivity index (χ3n) is 4.70. The second-order valence-electron chi connectivity index (χ2n) is 6.29. The Morgan fingerprint density at radius 3 is 2.75 bits per heavy atom. The molecular formula is C18H22O2. The molecule has 1 aliphatic carbocycles. The van der Waals surface area contributed by atoms with Crippen LogP contribution in [0.15, 0.2) is 18.2 Å². The van der Waals surface area contributed by atoms with Crippen LogP contribution >= 0.6 is 0 Å². The summed E-state index contributed by atoms with van der Waals surface area (Å²) in [6.45, 7) is 6.48. The van der Waals surface area contributed by atoms with Crippen molar-refractivity contribution in [3.63, 3.8) is 0 Å². The number of carbonyl (C=O) groups is 1. The highest BCUT2D eigenvalue weighted by Crippen LogP contribution is 2.44. The Morgan fingerprint density at radius 2 is 2.10 bits per heavy atom. The summed E-state index contributed by atoms with van der Waals surface area (Å²) in [4.78, 5) is 11.4. The minimum absolute atomic E-state index is 0.0752. The maximum Gasteiger partial charge on any atom is 0.137 e. The van der Waals surface area contributed by atoms with Gasteiger partial charge in [-0.05, 0) is 43.4 Å². The van der Waals surface area contributed by atoms with Crippen molar-refractivity contribution >= 4 is 11.4 Å². The SMILES string of the molecule is CCC1(C)Cc2c(C3=CCC(=O)CC3)ccc(C)c2O1. The molecule has 1 heterocycles. The lowest BCUT2D eigenvalue weighted by molar-refractivity contribution is -0.118. The Balaban J connectivity index is 2.04. The van der Waals surface area contributed by atoms with E-state index in [1.54, 1.807) is 0 Å². The first-order chi connectivity index (χ1) is 9.52. The Morgan fingerprint density at radius 1 is 1.30 bits per heavy atom. The van der Waals surface area contributed by atoms with Crippen LogP contribution in [0.25, 0.3) is 5.57 Å². The van der Waals surface area contributed by atoms with Gasteiger partial charge in [0.1, 0.15) is 17.1 Å². The molecule has 1 aromatic carbocycles. The maximum atomic E-state index is 11.4. The van der Waals surface area contributed by atoms with Gasteiger partial charge in [-0.25, -0.2) is 0 Å². The van der Waals surface area contributed by atoms with Gasteiger partial charge in [-0.2, -0.15) is 0 Å². The highest BCUT2D eigenvalue weighted by Gasteiger charge is 2.36. The fourth-order valence-electron chi connectivity index (χ4n) is 3.18. The van der Waals surface area contributed by atoms with E-state index in [4.69, 9.17) is 4.74 Å². The number of rotatable bonds is 2. The number of fused-ring (bicyclic) bond motifs is 1. The van der Waals surface area contributed by atoms with Crippen LogP contribution in [0, 0.1) is 6.92 Å². The second-order valence-corrected chi connectivity index (χ2v) is 6.29. The Hall–Kier alpha value is -1.57. The van der Waals surface area contributed by atoms with Gasteiger partial charge in [-0.1, -0.05) is 25.1 Å². The van der Waals surface area contributed by atoms with Gasteiger partial charge >= 0.3 is 0 Å². The third-order valence-corrected chi connectivity index (χ3v) is 4.70. The molecule has 0 spiro atoms. The van der Waals surface area contributed by atoms with Crippen molar-refractivity contribution in [2.24, 2.45) is 0 Å². The van der Waals surface area contributed by atoms with Gasteiger partial charge in [0.25, 0.3) is 0 Å². The molecule has 0 aromatic heterocycles. The zero-order valence-corrected chi connectivity index (χ0v) is 12.6. The summed E-state index contributed by atoms with van der Waals surface area (Å²) in [5, 5.41) is 0. The molecule has 1 aromatic rings. The molecule has 0 amide bonds. The lowest BCUT2D eigenvalue weighted by Crippen LogP contribution is -2.28.